The van der Waals surface area contributed by atoms with Crippen LogP contribution in [0.2, 0.25) is 0 Å². The first-order valence-corrected chi connectivity index (χ1v) is 8.79. The van der Waals surface area contributed by atoms with Crippen molar-refractivity contribution < 1.29 is 27.4 Å². The van der Waals surface area contributed by atoms with Crippen molar-refractivity contribution in [3.05, 3.63) is 46.5 Å². The molecule has 0 spiro atoms. The smallest absolute Gasteiger partial charge is 0.317 e. The van der Waals surface area contributed by atoms with Gasteiger partial charge < -0.3 is 14.4 Å². The Kier molecular flexibility index (Phi) is 5.71. The number of amides is 1. The van der Waals surface area contributed by atoms with Crippen LogP contribution in [0.25, 0.3) is 0 Å². The van der Waals surface area contributed by atoms with Crippen molar-refractivity contribution in [1.29, 1.82) is 0 Å². The van der Waals surface area contributed by atoms with Gasteiger partial charge in [-0.05, 0) is 38.8 Å². The lowest BCUT2D eigenvalue weighted by Crippen LogP contribution is -2.44. The average molecular weight is 395 g/mol. The number of piperidine rings is 1. The number of nitrogens with zero attached hydrogens (tertiary/aromatic N) is 3. The number of hydrogen-bond donors (Lipinski definition) is 0. The number of ether oxygens (including phenoxy) is 2. The highest BCUT2D eigenvalue weighted by Crippen LogP contribution is 2.28. The maximum Gasteiger partial charge on any atom is 0.317 e. The van der Waals surface area contributed by atoms with Gasteiger partial charge in [-0.25, -0.2) is 18.7 Å². The van der Waals surface area contributed by atoms with Gasteiger partial charge in [0, 0.05) is 17.9 Å². The number of carbonyl (C=O) groups is 1. The predicted molar refractivity (Wildman–Crippen MR) is 93.9 cm³/mol. The third-order valence-corrected chi connectivity index (χ3v) is 4.45. The number of likely N-dealkylation sites (tertiary alicyclic amines) is 1. The molecular weight excluding hydrogens is 375 g/mol. The molecule has 1 aromatic heterocycles. The lowest BCUT2D eigenvalue weighted by atomic mass is 10.1. The van der Waals surface area contributed by atoms with Gasteiger partial charge in [0.25, 0.3) is 5.91 Å². The molecule has 6 nitrogen and oxygen atoms in total. The summed E-state index contributed by atoms with van der Waals surface area (Å²) in [5.74, 6) is -5.73. The van der Waals surface area contributed by atoms with E-state index in [0.717, 1.165) is 18.5 Å². The van der Waals surface area contributed by atoms with Crippen LogP contribution in [0.4, 0.5) is 13.2 Å². The molecule has 0 N–H and O–H groups in total. The molecule has 0 saturated carbocycles. The van der Waals surface area contributed by atoms with Gasteiger partial charge in [0.1, 0.15) is 6.10 Å². The quantitative estimate of drug-likeness (QED) is 0.744. The molecule has 1 aromatic carbocycles. The molecule has 2 heterocycles. The lowest BCUT2D eigenvalue weighted by molar-refractivity contribution is 0.0509. The number of hydrogen-bond acceptors (Lipinski definition) is 5. The van der Waals surface area contributed by atoms with Crippen molar-refractivity contribution >= 4 is 5.91 Å². The number of carbonyl (C=O) groups excluding carboxylic acids is 1. The summed E-state index contributed by atoms with van der Waals surface area (Å²) in [6.45, 7) is 4.12. The summed E-state index contributed by atoms with van der Waals surface area (Å²) in [6.07, 6.45) is 0.863. The number of benzene rings is 1. The Bertz CT molecular complexity index is 887. The summed E-state index contributed by atoms with van der Waals surface area (Å²) in [6, 6.07) is 2.56. The average Bonchev–Trinajstić information content (AvgIpc) is 2.64. The molecule has 0 radical (unpaired) electrons. The van der Waals surface area contributed by atoms with Gasteiger partial charge in [0.15, 0.2) is 17.4 Å². The SMILES string of the molecule is COc1c(F)c(F)cc(C(=O)N2CCCC(Oc3nc(C)cc(C)n3)C2)c1F. The van der Waals surface area contributed by atoms with E-state index in [2.05, 4.69) is 14.7 Å². The second-order valence-electron chi connectivity index (χ2n) is 6.63. The fourth-order valence-electron chi connectivity index (χ4n) is 3.20. The number of aromatic nitrogens is 2. The Balaban J connectivity index is 1.79. The normalized spacial score (nSPS) is 16.8. The topological polar surface area (TPSA) is 64.5 Å². The summed E-state index contributed by atoms with van der Waals surface area (Å²) in [7, 11) is 1.00. The molecule has 1 aliphatic heterocycles. The first-order chi connectivity index (χ1) is 13.3. The van der Waals surface area contributed by atoms with E-state index in [9.17, 15) is 18.0 Å². The minimum absolute atomic E-state index is 0.149. The Morgan fingerprint density at radius 3 is 2.46 bits per heavy atom. The highest BCUT2D eigenvalue weighted by atomic mass is 19.2. The number of methoxy groups -OCH3 is 1. The van der Waals surface area contributed by atoms with Crippen LogP contribution in [0.3, 0.4) is 0 Å². The molecule has 1 saturated heterocycles. The highest BCUT2D eigenvalue weighted by molar-refractivity contribution is 5.95. The standard InChI is InChI=1S/C19H20F3N3O3/c1-10-7-11(2)24-19(23-10)28-12-5-4-6-25(9-12)18(26)13-8-14(20)16(22)17(27-3)15(13)21/h7-8,12H,4-6,9H2,1-3H3. The molecule has 0 aliphatic carbocycles. The van der Waals surface area contributed by atoms with Crippen LogP contribution in [-0.4, -0.2) is 47.1 Å². The second-order valence-corrected chi connectivity index (χ2v) is 6.63. The van der Waals surface area contributed by atoms with Gasteiger partial charge in [-0.3, -0.25) is 4.79 Å². The number of halogens is 3. The van der Waals surface area contributed by atoms with Crippen LogP contribution in [0.15, 0.2) is 12.1 Å². The van der Waals surface area contributed by atoms with E-state index in [4.69, 9.17) is 4.74 Å². The summed E-state index contributed by atoms with van der Waals surface area (Å²) in [4.78, 5) is 22.5. The van der Waals surface area contributed by atoms with E-state index in [0.29, 0.717) is 25.5 Å². The van der Waals surface area contributed by atoms with E-state index in [1.54, 1.807) is 0 Å². The molecule has 9 heteroatoms. The summed E-state index contributed by atoms with van der Waals surface area (Å²) in [5, 5.41) is 0. The second kappa shape index (κ2) is 8.04. The van der Waals surface area contributed by atoms with Gasteiger partial charge >= 0.3 is 6.01 Å². The fraction of sp³-hybridized carbons (Fsp3) is 0.421. The maximum absolute atomic E-state index is 14.4. The zero-order valence-corrected chi connectivity index (χ0v) is 15.8. The van der Waals surface area contributed by atoms with E-state index in [1.807, 2.05) is 19.9 Å². The Hall–Kier alpha value is -2.84. The molecule has 1 atom stereocenters. The number of rotatable bonds is 4. The van der Waals surface area contributed by atoms with Crippen molar-refractivity contribution in [2.45, 2.75) is 32.8 Å². The first kappa shape index (κ1) is 19.9. The van der Waals surface area contributed by atoms with Crippen molar-refractivity contribution in [3.8, 4) is 11.8 Å². The Labute approximate surface area is 160 Å². The minimum atomic E-state index is -1.47. The van der Waals surface area contributed by atoms with Crippen molar-refractivity contribution in [1.82, 2.24) is 14.9 Å². The van der Waals surface area contributed by atoms with Crippen LogP contribution < -0.4 is 9.47 Å². The highest BCUT2D eigenvalue weighted by Gasteiger charge is 2.30. The van der Waals surface area contributed by atoms with Crippen LogP contribution in [0.1, 0.15) is 34.6 Å². The van der Waals surface area contributed by atoms with Crippen LogP contribution in [0, 0.1) is 31.3 Å². The maximum atomic E-state index is 14.4. The molecule has 0 bridgehead atoms. The van der Waals surface area contributed by atoms with E-state index in [1.165, 1.54) is 4.90 Å². The van der Waals surface area contributed by atoms with Crippen LogP contribution in [0.5, 0.6) is 11.8 Å². The largest absolute Gasteiger partial charge is 0.491 e. The molecule has 28 heavy (non-hydrogen) atoms. The first-order valence-electron chi connectivity index (χ1n) is 8.79. The van der Waals surface area contributed by atoms with Gasteiger partial charge in [-0.15, -0.1) is 0 Å². The van der Waals surface area contributed by atoms with Gasteiger partial charge in [0.05, 0.1) is 19.2 Å². The Morgan fingerprint density at radius 1 is 1.14 bits per heavy atom. The summed E-state index contributed by atoms with van der Waals surface area (Å²) >= 11 is 0. The van der Waals surface area contributed by atoms with Crippen LogP contribution >= 0.6 is 0 Å². The summed E-state index contributed by atoms with van der Waals surface area (Å²) in [5.41, 5.74) is 0.920. The minimum Gasteiger partial charge on any atom is -0.491 e. The fourth-order valence-corrected chi connectivity index (χ4v) is 3.20. The Morgan fingerprint density at radius 2 is 1.82 bits per heavy atom. The number of aryl methyl sites for hydroxylation is 2. The molecule has 3 rings (SSSR count). The van der Waals surface area contributed by atoms with Gasteiger partial charge in [-0.1, -0.05) is 0 Å². The molecule has 1 unspecified atom stereocenters. The van der Waals surface area contributed by atoms with Gasteiger partial charge in [0.2, 0.25) is 5.82 Å². The molecule has 2 aromatic rings. The lowest BCUT2D eigenvalue weighted by Gasteiger charge is -2.32. The van der Waals surface area contributed by atoms with Gasteiger partial charge in [-0.2, -0.15) is 4.39 Å². The van der Waals surface area contributed by atoms with Crippen molar-refractivity contribution in [2.24, 2.45) is 0 Å². The molecule has 1 aliphatic rings. The molecule has 150 valence electrons. The molecule has 1 fully saturated rings. The zero-order valence-electron chi connectivity index (χ0n) is 15.8. The third-order valence-electron chi connectivity index (χ3n) is 4.45. The van der Waals surface area contributed by atoms with E-state index < -0.39 is 40.8 Å². The monoisotopic (exact) mass is 395 g/mol. The van der Waals surface area contributed by atoms with E-state index in [-0.39, 0.29) is 12.6 Å². The summed E-state index contributed by atoms with van der Waals surface area (Å²) < 4.78 is 52.1. The van der Waals surface area contributed by atoms with E-state index >= 15 is 0 Å². The van der Waals surface area contributed by atoms with Crippen LogP contribution in [-0.2, 0) is 0 Å². The predicted octanol–water partition coefficient (Wildman–Crippen LogP) is 3.20. The molecular formula is C19H20F3N3O3. The zero-order chi connectivity index (χ0) is 20.4. The third kappa shape index (κ3) is 4.02. The van der Waals surface area contributed by atoms with Crippen molar-refractivity contribution in [3.63, 3.8) is 0 Å². The molecule has 1 amide bonds. The van der Waals surface area contributed by atoms with Crippen molar-refractivity contribution in [2.75, 3.05) is 20.2 Å².